The Labute approximate surface area is 237 Å². The van der Waals surface area contributed by atoms with Crippen molar-refractivity contribution in [2.45, 2.75) is 66.7 Å². The van der Waals surface area contributed by atoms with Crippen molar-refractivity contribution in [2.24, 2.45) is 11.8 Å². The van der Waals surface area contributed by atoms with E-state index in [4.69, 9.17) is 9.72 Å². The summed E-state index contributed by atoms with van der Waals surface area (Å²) in [7, 11) is 0. The molecule has 3 aromatic rings. The number of aliphatic carboxylic acids is 1. The Kier molecular flexibility index (Phi) is 8.64. The molecule has 1 amide bonds. The van der Waals surface area contributed by atoms with Gasteiger partial charge in [-0.2, -0.15) is 0 Å². The summed E-state index contributed by atoms with van der Waals surface area (Å²) in [4.78, 5) is 32.5. The number of aryl methyl sites for hydroxylation is 2. The number of carbonyl (C=O) groups is 2. The highest BCUT2D eigenvalue weighted by molar-refractivity contribution is 5.95. The Morgan fingerprint density at radius 3 is 2.20 bits per heavy atom. The molecule has 2 aromatic carbocycles. The molecule has 2 N–H and O–H groups in total. The van der Waals surface area contributed by atoms with E-state index in [1.165, 1.54) is 0 Å². The number of pyridine rings is 1. The second-order valence-electron chi connectivity index (χ2n) is 12.0. The molecule has 212 valence electrons. The van der Waals surface area contributed by atoms with Crippen LogP contribution in [0.4, 0.5) is 5.69 Å². The van der Waals surface area contributed by atoms with E-state index in [1.807, 2.05) is 89.2 Å². The van der Waals surface area contributed by atoms with Gasteiger partial charge in [0.25, 0.3) is 5.91 Å². The molecule has 1 saturated heterocycles. The third-order valence-electron chi connectivity index (χ3n) is 7.44. The molecule has 1 fully saturated rings. The van der Waals surface area contributed by atoms with Crippen LogP contribution in [-0.2, 0) is 16.1 Å². The zero-order valence-corrected chi connectivity index (χ0v) is 24.6. The maximum Gasteiger partial charge on any atom is 0.337 e. The summed E-state index contributed by atoms with van der Waals surface area (Å²) in [5.74, 6) is -0.136. The Hall–Kier alpha value is -3.71. The molecule has 1 aliphatic heterocycles. The van der Waals surface area contributed by atoms with Gasteiger partial charge in [0.1, 0.15) is 0 Å². The van der Waals surface area contributed by atoms with Gasteiger partial charge in [0.05, 0.1) is 11.3 Å². The molecule has 4 rings (SSSR count). The molecule has 40 heavy (non-hydrogen) atoms. The van der Waals surface area contributed by atoms with Gasteiger partial charge in [0, 0.05) is 47.7 Å². The highest BCUT2D eigenvalue weighted by Gasteiger charge is 2.38. The number of amides is 1. The van der Waals surface area contributed by atoms with E-state index in [2.05, 4.69) is 24.1 Å². The minimum Gasteiger partial charge on any atom is -0.479 e. The SMILES string of the molecule is Cc1nc(C)c(C(OC(C)(C)C)C(=O)O)c(N2CC(C(C)C)C2)c1-c1ccc(C(=O)NCc2ccccc2)cc1. The second-order valence-corrected chi connectivity index (χ2v) is 12.0. The van der Waals surface area contributed by atoms with E-state index in [9.17, 15) is 14.7 Å². The maximum atomic E-state index is 12.8. The second kappa shape index (κ2) is 11.8. The van der Waals surface area contributed by atoms with Crippen LogP contribution >= 0.6 is 0 Å². The van der Waals surface area contributed by atoms with Crippen LogP contribution in [0.15, 0.2) is 54.6 Å². The van der Waals surface area contributed by atoms with E-state index < -0.39 is 17.7 Å². The highest BCUT2D eigenvalue weighted by atomic mass is 16.5. The van der Waals surface area contributed by atoms with E-state index in [0.717, 1.165) is 41.2 Å². The van der Waals surface area contributed by atoms with Crippen LogP contribution in [-0.4, -0.2) is 40.7 Å². The lowest BCUT2D eigenvalue weighted by molar-refractivity contribution is -0.160. The van der Waals surface area contributed by atoms with Crippen LogP contribution in [0.3, 0.4) is 0 Å². The van der Waals surface area contributed by atoms with E-state index >= 15 is 0 Å². The molecule has 0 spiro atoms. The molecule has 1 atom stereocenters. The predicted molar refractivity (Wildman–Crippen MR) is 159 cm³/mol. The number of aromatic nitrogens is 1. The van der Waals surface area contributed by atoms with Gasteiger partial charge in [-0.3, -0.25) is 9.78 Å². The quantitative estimate of drug-likeness (QED) is 0.328. The first kappa shape index (κ1) is 29.3. The summed E-state index contributed by atoms with van der Waals surface area (Å²) in [5.41, 5.74) is 5.60. The summed E-state index contributed by atoms with van der Waals surface area (Å²) in [5, 5.41) is 13.3. The van der Waals surface area contributed by atoms with Crippen LogP contribution in [0.2, 0.25) is 0 Å². The minimum absolute atomic E-state index is 0.151. The standard InChI is InChI=1S/C33H41N3O4/c1-20(2)26-18-36(19-26)29-27(21(3)35-22(4)28(29)30(32(38)39)40-33(5,6)7)24-13-15-25(16-14-24)31(37)34-17-23-11-9-8-10-12-23/h8-16,20,26,30H,17-19H2,1-7H3,(H,34,37)(H,38,39). The van der Waals surface area contributed by atoms with Crippen LogP contribution in [0, 0.1) is 25.7 Å². The van der Waals surface area contributed by atoms with E-state index in [1.54, 1.807) is 0 Å². The Morgan fingerprint density at radius 1 is 1.02 bits per heavy atom. The zero-order valence-electron chi connectivity index (χ0n) is 24.6. The summed E-state index contributed by atoms with van der Waals surface area (Å²) >= 11 is 0. The lowest BCUT2D eigenvalue weighted by Crippen LogP contribution is -2.50. The van der Waals surface area contributed by atoms with Crippen molar-refractivity contribution in [3.8, 4) is 11.1 Å². The van der Waals surface area contributed by atoms with Gasteiger partial charge >= 0.3 is 5.97 Å². The van der Waals surface area contributed by atoms with Crippen molar-refractivity contribution < 1.29 is 19.4 Å². The molecular formula is C33H41N3O4. The van der Waals surface area contributed by atoms with Gasteiger partial charge < -0.3 is 20.1 Å². The molecular weight excluding hydrogens is 502 g/mol. The first-order chi connectivity index (χ1) is 18.9. The number of ether oxygens (including phenoxy) is 1. The number of benzene rings is 2. The Morgan fingerprint density at radius 2 is 1.65 bits per heavy atom. The average molecular weight is 544 g/mol. The number of nitrogens with one attached hydrogen (secondary N) is 1. The predicted octanol–water partition coefficient (Wildman–Crippen LogP) is 6.33. The molecule has 7 heteroatoms. The number of hydrogen-bond acceptors (Lipinski definition) is 5. The highest BCUT2D eigenvalue weighted by Crippen LogP contribution is 2.45. The number of anilines is 1. The van der Waals surface area contributed by atoms with Crippen LogP contribution in [0.25, 0.3) is 11.1 Å². The van der Waals surface area contributed by atoms with Crippen molar-refractivity contribution in [3.63, 3.8) is 0 Å². The average Bonchev–Trinajstić information content (AvgIpc) is 2.85. The van der Waals surface area contributed by atoms with Crippen LogP contribution < -0.4 is 10.2 Å². The van der Waals surface area contributed by atoms with Crippen molar-refractivity contribution >= 4 is 17.6 Å². The lowest BCUT2D eigenvalue weighted by Gasteiger charge is -2.46. The Balaban J connectivity index is 1.74. The fraction of sp³-hybridized carbons (Fsp3) is 0.424. The van der Waals surface area contributed by atoms with Gasteiger partial charge in [0.2, 0.25) is 0 Å². The van der Waals surface area contributed by atoms with Crippen LogP contribution in [0.1, 0.15) is 73.6 Å². The normalized spacial score (nSPS) is 14.7. The summed E-state index contributed by atoms with van der Waals surface area (Å²) in [6, 6.07) is 17.3. The summed E-state index contributed by atoms with van der Waals surface area (Å²) in [6.45, 7) is 16.0. The third-order valence-corrected chi connectivity index (χ3v) is 7.44. The molecule has 2 heterocycles. The Bertz CT molecular complexity index is 1360. The lowest BCUT2D eigenvalue weighted by atomic mass is 9.85. The van der Waals surface area contributed by atoms with Crippen molar-refractivity contribution in [2.75, 3.05) is 18.0 Å². The molecule has 0 bridgehead atoms. The molecule has 0 radical (unpaired) electrons. The van der Waals surface area contributed by atoms with Gasteiger partial charge in [0.15, 0.2) is 6.10 Å². The maximum absolute atomic E-state index is 12.8. The fourth-order valence-corrected chi connectivity index (χ4v) is 5.20. The van der Waals surface area contributed by atoms with Gasteiger partial charge in [-0.05, 0) is 69.7 Å². The molecule has 1 aliphatic rings. The molecule has 0 aliphatic carbocycles. The van der Waals surface area contributed by atoms with Crippen molar-refractivity contribution in [1.29, 1.82) is 0 Å². The molecule has 7 nitrogen and oxygen atoms in total. The van der Waals surface area contributed by atoms with Crippen LogP contribution in [0.5, 0.6) is 0 Å². The molecule has 1 unspecified atom stereocenters. The molecule has 0 saturated carbocycles. The minimum atomic E-state index is -1.16. The number of carboxylic acids is 1. The summed E-state index contributed by atoms with van der Waals surface area (Å²) < 4.78 is 6.13. The number of carboxylic acid groups (broad SMARTS) is 1. The first-order valence-corrected chi connectivity index (χ1v) is 13.9. The van der Waals surface area contributed by atoms with Gasteiger partial charge in [-0.15, -0.1) is 0 Å². The first-order valence-electron chi connectivity index (χ1n) is 13.9. The van der Waals surface area contributed by atoms with Gasteiger partial charge in [-0.25, -0.2) is 4.79 Å². The fourth-order valence-electron chi connectivity index (χ4n) is 5.20. The van der Waals surface area contributed by atoms with Crippen molar-refractivity contribution in [3.05, 3.63) is 82.7 Å². The number of hydrogen-bond donors (Lipinski definition) is 2. The number of nitrogens with zero attached hydrogens (tertiary/aromatic N) is 2. The number of carbonyl (C=O) groups excluding carboxylic acids is 1. The van der Waals surface area contributed by atoms with Crippen molar-refractivity contribution in [1.82, 2.24) is 10.3 Å². The monoisotopic (exact) mass is 543 g/mol. The molecule has 1 aromatic heterocycles. The topological polar surface area (TPSA) is 91.8 Å². The largest absolute Gasteiger partial charge is 0.479 e. The smallest absolute Gasteiger partial charge is 0.337 e. The zero-order chi connectivity index (χ0) is 29.2. The van der Waals surface area contributed by atoms with Gasteiger partial charge in [-0.1, -0.05) is 56.3 Å². The number of rotatable bonds is 9. The third kappa shape index (κ3) is 6.53. The van der Waals surface area contributed by atoms with E-state index in [0.29, 0.717) is 35.2 Å². The van der Waals surface area contributed by atoms with E-state index in [-0.39, 0.29) is 5.91 Å². The summed E-state index contributed by atoms with van der Waals surface area (Å²) in [6.07, 6.45) is -1.16.